The third-order valence-electron chi connectivity index (χ3n) is 3.36. The highest BCUT2D eigenvalue weighted by atomic mass is 32.2. The van der Waals surface area contributed by atoms with E-state index in [9.17, 15) is 8.42 Å². The normalized spacial score (nSPS) is 15.6. The lowest BCUT2D eigenvalue weighted by atomic mass is 10.3. The maximum atomic E-state index is 12.5. The van der Waals surface area contributed by atoms with E-state index in [1.54, 1.807) is 28.6 Å². The highest BCUT2D eigenvalue weighted by Gasteiger charge is 2.30. The Morgan fingerprint density at radius 1 is 1.30 bits per heavy atom. The van der Waals surface area contributed by atoms with E-state index < -0.39 is 10.0 Å². The van der Waals surface area contributed by atoms with Crippen molar-refractivity contribution in [2.75, 3.05) is 26.2 Å². The predicted octanol–water partition coefficient (Wildman–Crippen LogP) is 1.44. The molecule has 1 fully saturated rings. The van der Waals surface area contributed by atoms with E-state index in [-0.39, 0.29) is 0 Å². The van der Waals surface area contributed by atoms with Gasteiger partial charge in [0, 0.05) is 19.6 Å². The Balaban J connectivity index is 2.10. The molecule has 0 aliphatic heterocycles. The molecule has 5 nitrogen and oxygen atoms in total. The zero-order valence-electron chi connectivity index (χ0n) is 11.8. The summed E-state index contributed by atoms with van der Waals surface area (Å²) in [5, 5.41) is 0. The van der Waals surface area contributed by atoms with E-state index in [2.05, 4.69) is 0 Å². The second-order valence-electron chi connectivity index (χ2n) is 5.01. The monoisotopic (exact) mass is 298 g/mol. The summed E-state index contributed by atoms with van der Waals surface area (Å²) in [7, 11) is -3.39. The lowest BCUT2D eigenvalue weighted by Crippen LogP contribution is -2.32. The zero-order valence-corrected chi connectivity index (χ0v) is 12.6. The van der Waals surface area contributed by atoms with Crippen LogP contribution in [0, 0.1) is 5.92 Å². The van der Waals surface area contributed by atoms with Crippen LogP contribution in [-0.2, 0) is 10.0 Å². The number of hydrogen-bond acceptors (Lipinski definition) is 4. The van der Waals surface area contributed by atoms with Crippen LogP contribution in [0.3, 0.4) is 0 Å². The third-order valence-corrected chi connectivity index (χ3v) is 5.31. The van der Waals surface area contributed by atoms with Crippen LogP contribution in [0.25, 0.3) is 0 Å². The van der Waals surface area contributed by atoms with E-state index in [4.69, 9.17) is 10.5 Å². The number of nitrogens with zero attached hydrogens (tertiary/aromatic N) is 1. The molecule has 1 aliphatic rings. The molecule has 20 heavy (non-hydrogen) atoms. The summed E-state index contributed by atoms with van der Waals surface area (Å²) >= 11 is 0. The standard InChI is InChI=1S/C14H22N2O3S/c1-2-16(11-12-3-4-12)20(17,18)14-7-5-13(6-8-14)19-10-9-15/h5-8,12H,2-4,9-11,15H2,1H3. The minimum atomic E-state index is -3.39. The topological polar surface area (TPSA) is 72.6 Å². The molecule has 1 aliphatic carbocycles. The van der Waals surface area contributed by atoms with Gasteiger partial charge < -0.3 is 10.5 Å². The molecule has 0 unspecified atom stereocenters. The highest BCUT2D eigenvalue weighted by molar-refractivity contribution is 7.89. The van der Waals surface area contributed by atoms with Crippen molar-refractivity contribution in [2.24, 2.45) is 11.7 Å². The Labute approximate surface area is 120 Å². The van der Waals surface area contributed by atoms with Gasteiger partial charge >= 0.3 is 0 Å². The van der Waals surface area contributed by atoms with Crippen LogP contribution in [0.1, 0.15) is 19.8 Å². The molecule has 1 aromatic rings. The summed E-state index contributed by atoms with van der Waals surface area (Å²) in [6, 6.07) is 6.54. The van der Waals surface area contributed by atoms with Crippen LogP contribution in [0.5, 0.6) is 5.75 Å². The first-order valence-electron chi connectivity index (χ1n) is 7.01. The van der Waals surface area contributed by atoms with Crippen molar-refractivity contribution in [2.45, 2.75) is 24.7 Å². The van der Waals surface area contributed by atoms with Crippen molar-refractivity contribution in [3.8, 4) is 5.75 Å². The van der Waals surface area contributed by atoms with E-state index in [1.165, 1.54) is 0 Å². The average Bonchev–Trinajstić information content (AvgIpc) is 3.26. The van der Waals surface area contributed by atoms with Crippen molar-refractivity contribution in [1.29, 1.82) is 0 Å². The molecule has 0 saturated heterocycles. The molecular formula is C14H22N2O3S. The number of hydrogen-bond donors (Lipinski definition) is 1. The molecule has 1 aromatic carbocycles. The lowest BCUT2D eigenvalue weighted by molar-refractivity contribution is 0.328. The predicted molar refractivity (Wildman–Crippen MR) is 78.1 cm³/mol. The number of nitrogens with two attached hydrogens (primary N) is 1. The fourth-order valence-corrected chi connectivity index (χ4v) is 3.54. The molecule has 1 saturated carbocycles. The second kappa shape index (κ2) is 6.56. The van der Waals surface area contributed by atoms with Gasteiger partial charge in [0.15, 0.2) is 0 Å². The first-order chi connectivity index (χ1) is 9.57. The second-order valence-corrected chi connectivity index (χ2v) is 6.95. The van der Waals surface area contributed by atoms with Gasteiger partial charge in [-0.2, -0.15) is 4.31 Å². The molecule has 0 aromatic heterocycles. The van der Waals surface area contributed by atoms with Crippen molar-refractivity contribution >= 4 is 10.0 Å². The Kier molecular flexibility index (Phi) is 5.01. The fourth-order valence-electron chi connectivity index (χ4n) is 2.02. The summed E-state index contributed by atoms with van der Waals surface area (Å²) < 4.78 is 31.9. The van der Waals surface area contributed by atoms with Gasteiger partial charge in [-0.25, -0.2) is 8.42 Å². The fraction of sp³-hybridized carbons (Fsp3) is 0.571. The van der Waals surface area contributed by atoms with Crippen LogP contribution in [0.15, 0.2) is 29.2 Å². The van der Waals surface area contributed by atoms with Gasteiger partial charge in [0.25, 0.3) is 0 Å². The molecule has 0 radical (unpaired) electrons. The molecular weight excluding hydrogens is 276 g/mol. The highest BCUT2D eigenvalue weighted by Crippen LogP contribution is 2.31. The van der Waals surface area contributed by atoms with Gasteiger partial charge in [-0.3, -0.25) is 0 Å². The van der Waals surface area contributed by atoms with E-state index in [0.29, 0.717) is 42.8 Å². The summed E-state index contributed by atoms with van der Waals surface area (Å²) in [6.07, 6.45) is 2.27. The molecule has 112 valence electrons. The van der Waals surface area contributed by atoms with Gasteiger partial charge in [-0.15, -0.1) is 0 Å². The smallest absolute Gasteiger partial charge is 0.243 e. The minimum Gasteiger partial charge on any atom is -0.492 e. The molecule has 6 heteroatoms. The SMILES string of the molecule is CCN(CC1CC1)S(=O)(=O)c1ccc(OCCN)cc1. The number of sulfonamides is 1. The third kappa shape index (κ3) is 3.71. The minimum absolute atomic E-state index is 0.320. The largest absolute Gasteiger partial charge is 0.492 e. The van der Waals surface area contributed by atoms with Crippen molar-refractivity contribution in [3.63, 3.8) is 0 Å². The van der Waals surface area contributed by atoms with Crippen LogP contribution in [0.2, 0.25) is 0 Å². The van der Waals surface area contributed by atoms with Crippen LogP contribution in [0.4, 0.5) is 0 Å². The van der Waals surface area contributed by atoms with Gasteiger partial charge in [-0.1, -0.05) is 6.92 Å². The quantitative estimate of drug-likeness (QED) is 0.788. The van der Waals surface area contributed by atoms with Gasteiger partial charge in [0.2, 0.25) is 10.0 Å². The molecule has 0 bridgehead atoms. The number of benzene rings is 1. The van der Waals surface area contributed by atoms with Crippen LogP contribution in [-0.4, -0.2) is 39.0 Å². The van der Waals surface area contributed by atoms with Crippen molar-refractivity contribution < 1.29 is 13.2 Å². The van der Waals surface area contributed by atoms with E-state index in [1.807, 2.05) is 6.92 Å². The average molecular weight is 298 g/mol. The molecule has 2 N–H and O–H groups in total. The van der Waals surface area contributed by atoms with Gasteiger partial charge in [0.05, 0.1) is 4.90 Å². The molecule has 0 amide bonds. The first-order valence-corrected chi connectivity index (χ1v) is 8.45. The van der Waals surface area contributed by atoms with Crippen molar-refractivity contribution in [1.82, 2.24) is 4.31 Å². The Bertz CT molecular complexity index is 524. The summed E-state index contributed by atoms with van der Waals surface area (Å²) in [5.74, 6) is 1.18. The summed E-state index contributed by atoms with van der Waals surface area (Å²) in [6.45, 7) is 3.87. The first kappa shape index (κ1) is 15.3. The maximum Gasteiger partial charge on any atom is 0.243 e. The maximum absolute atomic E-state index is 12.5. The Morgan fingerprint density at radius 3 is 2.45 bits per heavy atom. The molecule has 0 atom stereocenters. The zero-order chi connectivity index (χ0) is 14.6. The van der Waals surface area contributed by atoms with Crippen LogP contribution < -0.4 is 10.5 Å². The van der Waals surface area contributed by atoms with Crippen LogP contribution >= 0.6 is 0 Å². The number of rotatable bonds is 8. The molecule has 0 heterocycles. The van der Waals surface area contributed by atoms with Crippen molar-refractivity contribution in [3.05, 3.63) is 24.3 Å². The lowest BCUT2D eigenvalue weighted by Gasteiger charge is -2.20. The summed E-state index contributed by atoms with van der Waals surface area (Å²) in [5.41, 5.74) is 5.36. The Morgan fingerprint density at radius 2 is 1.95 bits per heavy atom. The molecule has 0 spiro atoms. The van der Waals surface area contributed by atoms with Gasteiger partial charge in [0.1, 0.15) is 12.4 Å². The van der Waals surface area contributed by atoms with Gasteiger partial charge in [-0.05, 0) is 43.0 Å². The van der Waals surface area contributed by atoms with E-state index in [0.717, 1.165) is 12.8 Å². The van der Waals surface area contributed by atoms with E-state index >= 15 is 0 Å². The number of ether oxygens (including phenoxy) is 1. The molecule has 2 rings (SSSR count). The Hall–Kier alpha value is -1.11. The summed E-state index contributed by atoms with van der Waals surface area (Å²) in [4.78, 5) is 0.320.